The third kappa shape index (κ3) is 4.36. The number of fused-ring (bicyclic) bond motifs is 1. The summed E-state index contributed by atoms with van der Waals surface area (Å²) in [6, 6.07) is 7.63. The zero-order valence-corrected chi connectivity index (χ0v) is 12.8. The van der Waals surface area contributed by atoms with Crippen molar-refractivity contribution in [2.24, 2.45) is 0 Å². The van der Waals surface area contributed by atoms with E-state index in [-0.39, 0.29) is 12.0 Å². The summed E-state index contributed by atoms with van der Waals surface area (Å²) in [5.41, 5.74) is 0. The molecule has 1 heterocycles. The van der Waals surface area contributed by atoms with Gasteiger partial charge in [0, 0.05) is 13.0 Å². The highest BCUT2D eigenvalue weighted by Crippen LogP contribution is 2.31. The van der Waals surface area contributed by atoms with Crippen LogP contribution >= 0.6 is 0 Å². The first-order valence-corrected chi connectivity index (χ1v) is 7.55. The molecular formula is C16H24N2O3. The number of carbonyl (C=O) groups is 1. The number of amides is 1. The molecular weight excluding hydrogens is 268 g/mol. The van der Waals surface area contributed by atoms with Crippen molar-refractivity contribution < 1.29 is 14.3 Å². The lowest BCUT2D eigenvalue weighted by Gasteiger charge is -2.31. The van der Waals surface area contributed by atoms with E-state index in [1.54, 1.807) is 0 Å². The molecule has 0 saturated carbocycles. The summed E-state index contributed by atoms with van der Waals surface area (Å²) in [6.45, 7) is 4.60. The predicted octanol–water partition coefficient (Wildman–Crippen LogP) is 1.67. The maximum atomic E-state index is 12.2. The SMILES string of the molecule is CCN(CC1COc2ccccc2O1)C(=O)CCCNC. The molecule has 1 amide bonds. The van der Waals surface area contributed by atoms with Crippen molar-refractivity contribution in [3.63, 3.8) is 0 Å². The minimum atomic E-state index is -0.104. The van der Waals surface area contributed by atoms with E-state index >= 15 is 0 Å². The van der Waals surface area contributed by atoms with Crippen molar-refractivity contribution in [1.82, 2.24) is 10.2 Å². The minimum Gasteiger partial charge on any atom is -0.486 e. The van der Waals surface area contributed by atoms with Gasteiger partial charge in [-0.3, -0.25) is 4.79 Å². The van der Waals surface area contributed by atoms with Crippen LogP contribution in [0.5, 0.6) is 11.5 Å². The van der Waals surface area contributed by atoms with E-state index in [0.717, 1.165) is 24.5 Å². The maximum Gasteiger partial charge on any atom is 0.222 e. The van der Waals surface area contributed by atoms with Crippen LogP contribution in [0.25, 0.3) is 0 Å². The molecule has 0 radical (unpaired) electrons. The third-order valence-electron chi connectivity index (χ3n) is 3.54. The monoisotopic (exact) mass is 292 g/mol. The number of hydrogen-bond acceptors (Lipinski definition) is 4. The second kappa shape index (κ2) is 7.88. The molecule has 1 aromatic rings. The van der Waals surface area contributed by atoms with Gasteiger partial charge in [-0.1, -0.05) is 12.1 Å². The van der Waals surface area contributed by atoms with Gasteiger partial charge in [0.2, 0.25) is 5.91 Å². The van der Waals surface area contributed by atoms with E-state index in [2.05, 4.69) is 5.32 Å². The molecule has 5 heteroatoms. The summed E-state index contributed by atoms with van der Waals surface area (Å²) in [6.07, 6.45) is 1.32. The van der Waals surface area contributed by atoms with Gasteiger partial charge in [-0.2, -0.15) is 0 Å². The van der Waals surface area contributed by atoms with E-state index in [4.69, 9.17) is 9.47 Å². The number of hydrogen-bond donors (Lipinski definition) is 1. The van der Waals surface area contributed by atoms with Crippen LogP contribution in [0, 0.1) is 0 Å². The van der Waals surface area contributed by atoms with Crippen molar-refractivity contribution >= 4 is 5.91 Å². The quantitative estimate of drug-likeness (QED) is 0.777. The summed E-state index contributed by atoms with van der Waals surface area (Å²) >= 11 is 0. The first-order chi connectivity index (χ1) is 10.2. The zero-order chi connectivity index (χ0) is 15.1. The molecule has 21 heavy (non-hydrogen) atoms. The van der Waals surface area contributed by atoms with E-state index in [1.807, 2.05) is 43.1 Å². The fraction of sp³-hybridized carbons (Fsp3) is 0.562. The first kappa shape index (κ1) is 15.6. The minimum absolute atomic E-state index is 0.104. The van der Waals surface area contributed by atoms with Gasteiger partial charge in [-0.15, -0.1) is 0 Å². The number of likely N-dealkylation sites (N-methyl/N-ethyl adjacent to an activating group) is 1. The van der Waals surface area contributed by atoms with Crippen LogP contribution in [0.1, 0.15) is 19.8 Å². The maximum absolute atomic E-state index is 12.2. The molecule has 1 aromatic carbocycles. The number of ether oxygens (including phenoxy) is 2. The predicted molar refractivity (Wildman–Crippen MR) is 81.8 cm³/mol. The molecule has 0 bridgehead atoms. The molecule has 1 aliphatic rings. The van der Waals surface area contributed by atoms with Gasteiger partial charge in [-0.25, -0.2) is 0 Å². The molecule has 1 atom stereocenters. The Bertz CT molecular complexity index is 465. The van der Waals surface area contributed by atoms with Gasteiger partial charge in [0.15, 0.2) is 17.6 Å². The summed E-state index contributed by atoms with van der Waals surface area (Å²) in [4.78, 5) is 14.0. The largest absolute Gasteiger partial charge is 0.486 e. The Labute approximate surface area is 126 Å². The number of para-hydroxylation sites is 2. The lowest BCUT2D eigenvalue weighted by Crippen LogP contribution is -2.43. The molecule has 0 spiro atoms. The van der Waals surface area contributed by atoms with Crippen molar-refractivity contribution in [2.75, 3.05) is 33.3 Å². The van der Waals surface area contributed by atoms with Crippen molar-refractivity contribution in [3.8, 4) is 11.5 Å². The Morgan fingerprint density at radius 2 is 2.14 bits per heavy atom. The van der Waals surface area contributed by atoms with Crippen molar-refractivity contribution in [1.29, 1.82) is 0 Å². The van der Waals surface area contributed by atoms with Gasteiger partial charge in [0.25, 0.3) is 0 Å². The van der Waals surface area contributed by atoms with Gasteiger partial charge in [0.05, 0.1) is 6.54 Å². The molecule has 0 saturated heterocycles. The topological polar surface area (TPSA) is 50.8 Å². The summed E-state index contributed by atoms with van der Waals surface area (Å²) in [5, 5.41) is 3.06. The Morgan fingerprint density at radius 1 is 1.38 bits per heavy atom. The molecule has 116 valence electrons. The summed E-state index contributed by atoms with van der Waals surface area (Å²) < 4.78 is 11.6. The average Bonchev–Trinajstić information content (AvgIpc) is 2.52. The number of nitrogens with one attached hydrogen (secondary N) is 1. The third-order valence-corrected chi connectivity index (χ3v) is 3.54. The Balaban J connectivity index is 1.86. The smallest absolute Gasteiger partial charge is 0.222 e. The molecule has 1 aliphatic heterocycles. The number of rotatable bonds is 7. The fourth-order valence-corrected chi connectivity index (χ4v) is 2.38. The number of nitrogens with zero attached hydrogens (tertiary/aromatic N) is 1. The van der Waals surface area contributed by atoms with Crippen LogP contribution in [0.15, 0.2) is 24.3 Å². The highest BCUT2D eigenvalue weighted by molar-refractivity contribution is 5.76. The molecule has 5 nitrogen and oxygen atoms in total. The van der Waals surface area contributed by atoms with Gasteiger partial charge >= 0.3 is 0 Å². The van der Waals surface area contributed by atoms with E-state index in [0.29, 0.717) is 26.1 Å². The van der Waals surface area contributed by atoms with Gasteiger partial charge in [0.1, 0.15) is 6.61 Å². The normalized spacial score (nSPS) is 16.6. The molecule has 1 unspecified atom stereocenters. The van der Waals surface area contributed by atoms with Crippen molar-refractivity contribution in [3.05, 3.63) is 24.3 Å². The standard InChI is InChI=1S/C16H24N2O3/c1-3-18(16(19)9-6-10-17-2)11-13-12-20-14-7-4-5-8-15(14)21-13/h4-5,7-8,13,17H,3,6,9-12H2,1-2H3. The Morgan fingerprint density at radius 3 is 2.86 bits per heavy atom. The van der Waals surface area contributed by atoms with Crippen LogP contribution in [0.2, 0.25) is 0 Å². The Hall–Kier alpha value is -1.75. The average molecular weight is 292 g/mol. The second-order valence-corrected chi connectivity index (χ2v) is 5.14. The first-order valence-electron chi connectivity index (χ1n) is 7.55. The molecule has 0 aliphatic carbocycles. The van der Waals surface area contributed by atoms with Crippen LogP contribution < -0.4 is 14.8 Å². The lowest BCUT2D eigenvalue weighted by atomic mass is 10.2. The number of carbonyl (C=O) groups excluding carboxylic acids is 1. The van der Waals surface area contributed by atoms with Gasteiger partial charge in [-0.05, 0) is 39.1 Å². The summed E-state index contributed by atoms with van der Waals surface area (Å²) in [7, 11) is 1.90. The van der Waals surface area contributed by atoms with E-state index < -0.39 is 0 Å². The molecule has 1 N–H and O–H groups in total. The lowest BCUT2D eigenvalue weighted by molar-refractivity contribution is -0.132. The van der Waals surface area contributed by atoms with Crippen LogP contribution in [-0.2, 0) is 4.79 Å². The summed E-state index contributed by atoms with van der Waals surface area (Å²) in [5.74, 6) is 1.71. The second-order valence-electron chi connectivity index (χ2n) is 5.14. The van der Waals surface area contributed by atoms with E-state index in [9.17, 15) is 4.79 Å². The molecule has 0 fully saturated rings. The van der Waals surface area contributed by atoms with Crippen LogP contribution in [-0.4, -0.2) is 50.2 Å². The zero-order valence-electron chi connectivity index (χ0n) is 12.8. The molecule has 0 aromatic heterocycles. The number of benzene rings is 1. The molecule has 2 rings (SSSR count). The van der Waals surface area contributed by atoms with Crippen LogP contribution in [0.3, 0.4) is 0 Å². The van der Waals surface area contributed by atoms with Crippen molar-refractivity contribution in [2.45, 2.75) is 25.9 Å². The van der Waals surface area contributed by atoms with Crippen LogP contribution in [0.4, 0.5) is 0 Å². The van der Waals surface area contributed by atoms with E-state index in [1.165, 1.54) is 0 Å². The highest BCUT2D eigenvalue weighted by Gasteiger charge is 2.24. The van der Waals surface area contributed by atoms with Gasteiger partial charge < -0.3 is 19.7 Å². The highest BCUT2D eigenvalue weighted by atomic mass is 16.6. The fourth-order valence-electron chi connectivity index (χ4n) is 2.38. The Kier molecular flexibility index (Phi) is 5.87.